The summed E-state index contributed by atoms with van der Waals surface area (Å²) in [4.78, 5) is 24.4. The number of ether oxygens (including phenoxy) is 1. The number of fused-ring (bicyclic) bond motifs is 1. The van der Waals surface area contributed by atoms with Crippen molar-refractivity contribution < 1.29 is 14.1 Å². The third-order valence-corrected chi connectivity index (χ3v) is 5.34. The number of amides is 1. The molecule has 3 heterocycles. The van der Waals surface area contributed by atoms with Crippen molar-refractivity contribution in [2.45, 2.75) is 39.8 Å². The van der Waals surface area contributed by atoms with E-state index in [1.54, 1.807) is 6.33 Å². The summed E-state index contributed by atoms with van der Waals surface area (Å²) in [6, 6.07) is 7.88. The average molecular weight is 470 g/mol. The molecule has 4 rings (SSSR count). The maximum absolute atomic E-state index is 12.1. The van der Waals surface area contributed by atoms with E-state index in [-0.39, 0.29) is 11.1 Å². The van der Waals surface area contributed by atoms with Crippen LogP contribution in [0.25, 0.3) is 22.3 Å². The summed E-state index contributed by atoms with van der Waals surface area (Å²) in [5.74, 6) is 1.01. The Morgan fingerprint density at radius 3 is 2.91 bits per heavy atom. The van der Waals surface area contributed by atoms with Crippen LogP contribution in [-0.2, 0) is 17.8 Å². The van der Waals surface area contributed by atoms with Gasteiger partial charge in [0.1, 0.15) is 11.3 Å². The highest BCUT2D eigenvalue weighted by Crippen LogP contribution is 2.27. The lowest BCUT2D eigenvalue weighted by atomic mass is 10.0. The first-order valence-corrected chi connectivity index (χ1v) is 10.9. The van der Waals surface area contributed by atoms with E-state index in [0.29, 0.717) is 37.3 Å². The molecule has 0 bridgehead atoms. The van der Waals surface area contributed by atoms with Crippen LogP contribution in [0.4, 0.5) is 10.6 Å². The van der Waals surface area contributed by atoms with Crippen molar-refractivity contribution in [2.24, 2.45) is 0 Å². The molecule has 172 valence electrons. The standard InChI is InChI=1S/C22H24ClN7O3/c1-13-17(14(2)33-29-13)16-7-5-6-15(10-16)11-25-22(31)32-9-4-3-8-30-12-26-18-19(24)27-21(23)28-20(18)30/h5-7,10,12H,3-4,8-9,11H2,1-2H3,(H,25,31)(H2,24,27,28). The maximum atomic E-state index is 12.1. The van der Waals surface area contributed by atoms with Gasteiger partial charge in [-0.05, 0) is 55.5 Å². The number of nitrogens with one attached hydrogen (secondary N) is 1. The number of hydrogen-bond donors (Lipinski definition) is 2. The Balaban J connectivity index is 1.21. The van der Waals surface area contributed by atoms with Gasteiger partial charge in [-0.3, -0.25) is 0 Å². The highest BCUT2D eigenvalue weighted by Gasteiger charge is 2.12. The zero-order valence-corrected chi connectivity index (χ0v) is 19.1. The van der Waals surface area contributed by atoms with Crippen LogP contribution in [0.2, 0.25) is 5.28 Å². The predicted molar refractivity (Wildman–Crippen MR) is 124 cm³/mol. The third kappa shape index (κ3) is 5.23. The zero-order chi connectivity index (χ0) is 23.4. The monoisotopic (exact) mass is 469 g/mol. The normalized spacial score (nSPS) is 11.1. The SMILES string of the molecule is Cc1noc(C)c1-c1cccc(CNC(=O)OCCCCn2cnc3c(N)nc(Cl)nc32)c1. The number of halogens is 1. The molecule has 1 amide bonds. The predicted octanol–water partition coefficient (Wildman–Crippen LogP) is 4.04. The third-order valence-electron chi connectivity index (χ3n) is 5.18. The summed E-state index contributed by atoms with van der Waals surface area (Å²) in [5.41, 5.74) is 10.7. The van der Waals surface area contributed by atoms with E-state index in [4.69, 9.17) is 26.6 Å². The molecule has 0 aliphatic carbocycles. The Hall–Kier alpha value is -3.66. The number of imidazole rings is 1. The number of carbonyl (C=O) groups excluding carboxylic acids is 1. The van der Waals surface area contributed by atoms with Crippen molar-refractivity contribution in [3.63, 3.8) is 0 Å². The molecule has 0 fully saturated rings. The molecule has 0 atom stereocenters. The topological polar surface area (TPSA) is 134 Å². The van der Waals surface area contributed by atoms with E-state index in [0.717, 1.165) is 34.6 Å². The van der Waals surface area contributed by atoms with Gasteiger partial charge >= 0.3 is 6.09 Å². The number of benzene rings is 1. The number of nitrogen functional groups attached to an aromatic ring is 1. The van der Waals surface area contributed by atoms with Gasteiger partial charge in [0, 0.05) is 18.7 Å². The minimum Gasteiger partial charge on any atom is -0.450 e. The molecular formula is C22H24ClN7O3. The average Bonchev–Trinajstić information content (AvgIpc) is 3.35. The highest BCUT2D eigenvalue weighted by atomic mass is 35.5. The van der Waals surface area contributed by atoms with Gasteiger partial charge < -0.3 is 24.9 Å². The number of unbranched alkanes of at least 4 members (excludes halogenated alkanes) is 1. The molecule has 0 unspecified atom stereocenters. The molecule has 0 saturated heterocycles. The summed E-state index contributed by atoms with van der Waals surface area (Å²) in [6.45, 7) is 5.09. The Labute approximate surface area is 195 Å². The minimum absolute atomic E-state index is 0.0824. The van der Waals surface area contributed by atoms with Crippen LogP contribution >= 0.6 is 11.6 Å². The number of carbonyl (C=O) groups is 1. The van der Waals surface area contributed by atoms with E-state index in [9.17, 15) is 4.79 Å². The zero-order valence-electron chi connectivity index (χ0n) is 18.3. The van der Waals surface area contributed by atoms with Crippen LogP contribution in [0.5, 0.6) is 0 Å². The first-order valence-electron chi connectivity index (χ1n) is 10.5. The van der Waals surface area contributed by atoms with Gasteiger partial charge in [-0.1, -0.05) is 23.4 Å². The van der Waals surface area contributed by atoms with Crippen molar-refractivity contribution in [2.75, 3.05) is 12.3 Å². The van der Waals surface area contributed by atoms with E-state index in [2.05, 4.69) is 25.4 Å². The first-order chi connectivity index (χ1) is 15.9. The van der Waals surface area contributed by atoms with Crippen molar-refractivity contribution in [3.05, 3.63) is 52.9 Å². The Bertz CT molecular complexity index is 1260. The van der Waals surface area contributed by atoms with E-state index in [1.165, 1.54) is 0 Å². The molecule has 0 aliphatic rings. The Morgan fingerprint density at radius 2 is 2.12 bits per heavy atom. The van der Waals surface area contributed by atoms with Crippen LogP contribution < -0.4 is 11.1 Å². The molecule has 33 heavy (non-hydrogen) atoms. The number of nitrogens with zero attached hydrogens (tertiary/aromatic N) is 5. The lowest BCUT2D eigenvalue weighted by Gasteiger charge is -2.09. The number of alkyl carbamates (subject to hydrolysis) is 1. The van der Waals surface area contributed by atoms with Crippen LogP contribution in [0, 0.1) is 13.8 Å². The van der Waals surface area contributed by atoms with Crippen LogP contribution in [0.3, 0.4) is 0 Å². The smallest absolute Gasteiger partial charge is 0.407 e. The molecule has 3 N–H and O–H groups in total. The van der Waals surface area contributed by atoms with Crippen LogP contribution in [0.15, 0.2) is 35.1 Å². The molecule has 0 saturated carbocycles. The summed E-state index contributed by atoms with van der Waals surface area (Å²) in [5, 5.41) is 6.86. The second kappa shape index (κ2) is 9.86. The molecule has 0 radical (unpaired) electrons. The Morgan fingerprint density at radius 1 is 1.27 bits per heavy atom. The van der Waals surface area contributed by atoms with Gasteiger partial charge in [0.2, 0.25) is 5.28 Å². The van der Waals surface area contributed by atoms with Gasteiger partial charge in [0.25, 0.3) is 0 Å². The van der Waals surface area contributed by atoms with E-state index in [1.807, 2.05) is 42.7 Å². The molecule has 1 aromatic carbocycles. The van der Waals surface area contributed by atoms with Crippen molar-refractivity contribution in [1.82, 2.24) is 30.0 Å². The molecule has 0 spiro atoms. The fourth-order valence-electron chi connectivity index (χ4n) is 3.61. The molecule has 3 aromatic heterocycles. The summed E-state index contributed by atoms with van der Waals surface area (Å²) < 4.78 is 12.4. The number of rotatable bonds is 8. The Kier molecular flexibility index (Phi) is 6.74. The van der Waals surface area contributed by atoms with E-state index >= 15 is 0 Å². The molecular weight excluding hydrogens is 446 g/mol. The second-order valence-electron chi connectivity index (χ2n) is 7.58. The van der Waals surface area contributed by atoms with Crippen molar-refractivity contribution >= 4 is 34.7 Å². The molecule has 10 nitrogen and oxygen atoms in total. The van der Waals surface area contributed by atoms with Gasteiger partial charge in [0.15, 0.2) is 11.5 Å². The quantitative estimate of drug-likeness (QED) is 0.291. The number of anilines is 1. The number of aromatic nitrogens is 5. The maximum Gasteiger partial charge on any atom is 0.407 e. The van der Waals surface area contributed by atoms with Crippen molar-refractivity contribution in [3.8, 4) is 11.1 Å². The fourth-order valence-corrected chi connectivity index (χ4v) is 3.78. The van der Waals surface area contributed by atoms with Gasteiger partial charge in [-0.15, -0.1) is 0 Å². The van der Waals surface area contributed by atoms with Crippen LogP contribution in [-0.4, -0.2) is 37.4 Å². The minimum atomic E-state index is -0.460. The first kappa shape index (κ1) is 22.5. The molecule has 0 aliphatic heterocycles. The van der Waals surface area contributed by atoms with Crippen LogP contribution in [0.1, 0.15) is 29.9 Å². The fraction of sp³-hybridized carbons (Fsp3) is 0.318. The van der Waals surface area contributed by atoms with Gasteiger partial charge in [-0.25, -0.2) is 9.78 Å². The lowest BCUT2D eigenvalue weighted by Crippen LogP contribution is -2.24. The number of nitrogens with two attached hydrogens (primary N) is 1. The van der Waals surface area contributed by atoms with Gasteiger partial charge in [-0.2, -0.15) is 9.97 Å². The largest absolute Gasteiger partial charge is 0.450 e. The number of hydrogen-bond acceptors (Lipinski definition) is 8. The number of aryl methyl sites for hydroxylation is 3. The van der Waals surface area contributed by atoms with Gasteiger partial charge in [0.05, 0.1) is 18.6 Å². The molecule has 11 heteroatoms. The lowest BCUT2D eigenvalue weighted by molar-refractivity contribution is 0.143. The summed E-state index contributed by atoms with van der Waals surface area (Å²) >= 11 is 5.88. The second-order valence-corrected chi connectivity index (χ2v) is 7.92. The van der Waals surface area contributed by atoms with Crippen molar-refractivity contribution in [1.29, 1.82) is 0 Å². The molecule has 4 aromatic rings. The summed E-state index contributed by atoms with van der Waals surface area (Å²) in [7, 11) is 0. The van der Waals surface area contributed by atoms with E-state index < -0.39 is 6.09 Å². The summed E-state index contributed by atoms with van der Waals surface area (Å²) in [6.07, 6.45) is 2.64. The highest BCUT2D eigenvalue weighted by molar-refractivity contribution is 6.28.